The van der Waals surface area contributed by atoms with E-state index in [4.69, 9.17) is 0 Å². The molecule has 0 aromatic heterocycles. The van der Waals surface area contributed by atoms with Crippen LogP contribution in [0.15, 0.2) is 36.4 Å². The summed E-state index contributed by atoms with van der Waals surface area (Å²) in [6, 6.07) is 8.88. The fourth-order valence-corrected chi connectivity index (χ4v) is 3.56. The number of rotatable bonds is 10. The van der Waals surface area contributed by atoms with E-state index in [2.05, 4.69) is 71.0 Å². The fraction of sp³-hybridized carbons (Fsp3) is 0.636. The molecule has 0 saturated heterocycles. The van der Waals surface area contributed by atoms with Crippen molar-refractivity contribution in [2.24, 2.45) is 11.8 Å². The molecule has 3 unspecified atom stereocenters. The van der Waals surface area contributed by atoms with Crippen molar-refractivity contribution in [1.82, 2.24) is 0 Å². The van der Waals surface area contributed by atoms with Gasteiger partial charge in [-0.2, -0.15) is 0 Å². The molecule has 0 N–H and O–H groups in total. The molecule has 0 saturated carbocycles. The minimum absolute atomic E-state index is 0.645. The van der Waals surface area contributed by atoms with E-state index in [1.165, 1.54) is 49.7 Å². The average Bonchev–Trinajstić information content (AvgIpc) is 2.48. The summed E-state index contributed by atoms with van der Waals surface area (Å²) in [6.45, 7) is 11.6. The molecule has 3 atom stereocenters. The minimum Gasteiger partial charge on any atom is -0.0883 e. The van der Waals surface area contributed by atoms with Crippen LogP contribution >= 0.6 is 0 Å². The van der Waals surface area contributed by atoms with Crippen LogP contribution in [0.1, 0.15) is 83.3 Å². The molecule has 0 aliphatic rings. The van der Waals surface area contributed by atoms with E-state index in [1.807, 2.05) is 0 Å². The van der Waals surface area contributed by atoms with Crippen LogP contribution in [0.5, 0.6) is 0 Å². The molecule has 0 bridgehead atoms. The van der Waals surface area contributed by atoms with Crippen molar-refractivity contribution in [2.45, 2.75) is 79.1 Å². The molecule has 0 fully saturated rings. The van der Waals surface area contributed by atoms with Crippen molar-refractivity contribution in [2.75, 3.05) is 0 Å². The van der Waals surface area contributed by atoms with Crippen LogP contribution in [0.25, 0.3) is 0 Å². The zero-order valence-electron chi connectivity index (χ0n) is 15.4. The molecule has 22 heavy (non-hydrogen) atoms. The normalized spacial score (nSPS) is 15.9. The second-order valence-corrected chi connectivity index (χ2v) is 7.10. The molecule has 1 aromatic carbocycles. The topological polar surface area (TPSA) is 0 Å². The first-order valence-electron chi connectivity index (χ1n) is 9.30. The predicted molar refractivity (Wildman–Crippen MR) is 100 cm³/mol. The van der Waals surface area contributed by atoms with Crippen LogP contribution in [-0.2, 0) is 0 Å². The quantitative estimate of drug-likeness (QED) is 0.398. The van der Waals surface area contributed by atoms with Gasteiger partial charge in [0.2, 0.25) is 0 Å². The van der Waals surface area contributed by atoms with E-state index in [0.717, 1.165) is 11.8 Å². The standard InChI is InChI=1S/C22H36/c1-6-8-9-14-21(16-18(3)12-7-2)17-20(5)22-15-11-10-13-19(22)4/h9-11,13-15,18,20-21H,6-8,12,16-17H2,1-5H3. The summed E-state index contributed by atoms with van der Waals surface area (Å²) >= 11 is 0. The first-order valence-corrected chi connectivity index (χ1v) is 9.30. The van der Waals surface area contributed by atoms with Gasteiger partial charge >= 0.3 is 0 Å². The van der Waals surface area contributed by atoms with Gasteiger partial charge in [-0.3, -0.25) is 0 Å². The molecule has 0 heteroatoms. The molecule has 0 nitrogen and oxygen atoms in total. The lowest BCUT2D eigenvalue weighted by molar-refractivity contribution is 0.386. The van der Waals surface area contributed by atoms with Crippen molar-refractivity contribution in [3.05, 3.63) is 47.5 Å². The number of allylic oxidation sites excluding steroid dienone is 2. The Bertz CT molecular complexity index is 429. The predicted octanol–water partition coefficient (Wildman–Crippen LogP) is 7.29. The molecule has 124 valence electrons. The highest BCUT2D eigenvalue weighted by molar-refractivity contribution is 5.28. The molecule has 0 amide bonds. The van der Waals surface area contributed by atoms with E-state index in [0.29, 0.717) is 5.92 Å². The maximum atomic E-state index is 2.50. The highest BCUT2D eigenvalue weighted by Gasteiger charge is 2.16. The van der Waals surface area contributed by atoms with Gasteiger partial charge in [0.25, 0.3) is 0 Å². The Morgan fingerprint density at radius 2 is 1.73 bits per heavy atom. The zero-order chi connectivity index (χ0) is 16.4. The number of hydrogen-bond acceptors (Lipinski definition) is 0. The molecular formula is C22H36. The van der Waals surface area contributed by atoms with Crippen LogP contribution in [0.3, 0.4) is 0 Å². The second-order valence-electron chi connectivity index (χ2n) is 7.10. The zero-order valence-corrected chi connectivity index (χ0v) is 15.4. The van der Waals surface area contributed by atoms with Gasteiger partial charge in [0.1, 0.15) is 0 Å². The van der Waals surface area contributed by atoms with Crippen molar-refractivity contribution < 1.29 is 0 Å². The molecule has 0 aliphatic heterocycles. The third-order valence-corrected chi connectivity index (χ3v) is 4.73. The molecule has 0 spiro atoms. The average molecular weight is 301 g/mol. The highest BCUT2D eigenvalue weighted by atomic mass is 14.2. The molecule has 0 aliphatic carbocycles. The first kappa shape index (κ1) is 19.0. The summed E-state index contributed by atoms with van der Waals surface area (Å²) in [7, 11) is 0. The molecular weight excluding hydrogens is 264 g/mol. The Labute approximate surface area is 139 Å². The molecule has 1 aromatic rings. The smallest absolute Gasteiger partial charge is 0.0182 e. The number of aryl methyl sites for hydroxylation is 1. The Morgan fingerprint density at radius 3 is 2.36 bits per heavy atom. The van der Waals surface area contributed by atoms with Gasteiger partial charge in [-0.25, -0.2) is 0 Å². The summed E-state index contributed by atoms with van der Waals surface area (Å²) in [5.41, 5.74) is 2.97. The summed E-state index contributed by atoms with van der Waals surface area (Å²) < 4.78 is 0. The van der Waals surface area contributed by atoms with E-state index in [1.54, 1.807) is 0 Å². The van der Waals surface area contributed by atoms with Crippen LogP contribution in [-0.4, -0.2) is 0 Å². The molecule has 1 rings (SSSR count). The molecule has 0 heterocycles. The summed E-state index contributed by atoms with van der Waals surface area (Å²) in [5.74, 6) is 2.21. The lowest BCUT2D eigenvalue weighted by atomic mass is 9.83. The van der Waals surface area contributed by atoms with Gasteiger partial charge in [-0.1, -0.05) is 83.4 Å². The summed E-state index contributed by atoms with van der Waals surface area (Å²) in [6.07, 6.45) is 12.7. The van der Waals surface area contributed by atoms with Crippen LogP contribution < -0.4 is 0 Å². The van der Waals surface area contributed by atoms with Crippen molar-refractivity contribution in [3.63, 3.8) is 0 Å². The Balaban J connectivity index is 2.71. The summed E-state index contributed by atoms with van der Waals surface area (Å²) in [5, 5.41) is 0. The van der Waals surface area contributed by atoms with E-state index >= 15 is 0 Å². The first-order chi connectivity index (χ1) is 10.6. The SMILES string of the molecule is CCCC=CC(CC(C)CCC)CC(C)c1ccccc1C. The van der Waals surface area contributed by atoms with Crippen molar-refractivity contribution >= 4 is 0 Å². The number of hydrogen-bond donors (Lipinski definition) is 0. The monoisotopic (exact) mass is 300 g/mol. The van der Waals surface area contributed by atoms with Gasteiger partial charge in [0.05, 0.1) is 0 Å². The summed E-state index contributed by atoms with van der Waals surface area (Å²) in [4.78, 5) is 0. The Kier molecular flexibility index (Phi) is 9.20. The van der Waals surface area contributed by atoms with Gasteiger partial charge < -0.3 is 0 Å². The Hall–Kier alpha value is -1.04. The maximum Gasteiger partial charge on any atom is -0.0182 e. The maximum absolute atomic E-state index is 2.50. The van der Waals surface area contributed by atoms with Crippen LogP contribution in [0, 0.1) is 18.8 Å². The van der Waals surface area contributed by atoms with Gasteiger partial charge in [0.15, 0.2) is 0 Å². The highest BCUT2D eigenvalue weighted by Crippen LogP contribution is 2.30. The van der Waals surface area contributed by atoms with Gasteiger partial charge in [0, 0.05) is 0 Å². The van der Waals surface area contributed by atoms with Crippen LogP contribution in [0.4, 0.5) is 0 Å². The lowest BCUT2D eigenvalue weighted by Crippen LogP contribution is -2.09. The third kappa shape index (κ3) is 6.81. The van der Waals surface area contributed by atoms with Crippen molar-refractivity contribution in [3.8, 4) is 0 Å². The number of unbranched alkanes of at least 4 members (excludes halogenated alkanes) is 1. The second kappa shape index (κ2) is 10.6. The third-order valence-electron chi connectivity index (χ3n) is 4.73. The Morgan fingerprint density at radius 1 is 1.00 bits per heavy atom. The van der Waals surface area contributed by atoms with E-state index in [-0.39, 0.29) is 0 Å². The lowest BCUT2D eigenvalue weighted by Gasteiger charge is -2.23. The van der Waals surface area contributed by atoms with Gasteiger partial charge in [-0.05, 0) is 55.1 Å². The largest absolute Gasteiger partial charge is 0.0883 e. The van der Waals surface area contributed by atoms with Crippen LogP contribution in [0.2, 0.25) is 0 Å². The van der Waals surface area contributed by atoms with Crippen molar-refractivity contribution in [1.29, 1.82) is 0 Å². The number of benzene rings is 1. The van der Waals surface area contributed by atoms with Gasteiger partial charge in [-0.15, -0.1) is 0 Å². The van der Waals surface area contributed by atoms with E-state index < -0.39 is 0 Å². The van der Waals surface area contributed by atoms with E-state index in [9.17, 15) is 0 Å². The minimum atomic E-state index is 0.645. The molecule has 0 radical (unpaired) electrons. The fourth-order valence-electron chi connectivity index (χ4n) is 3.56.